The molecule has 0 aliphatic heterocycles. The van der Waals surface area contributed by atoms with E-state index in [1.165, 1.54) is 37.0 Å². The number of hydrogen-bond donors (Lipinski definition) is 1. The molecule has 2 unspecified atom stereocenters. The third kappa shape index (κ3) is 4.31. The summed E-state index contributed by atoms with van der Waals surface area (Å²) >= 11 is 1.91. The van der Waals surface area contributed by atoms with Crippen molar-refractivity contribution in [1.82, 2.24) is 10.2 Å². The zero-order valence-corrected chi connectivity index (χ0v) is 14.1. The first-order valence-electron chi connectivity index (χ1n) is 8.19. The van der Waals surface area contributed by atoms with Crippen molar-refractivity contribution in [3.8, 4) is 0 Å². The molecular formula is C17H30N2S. The Morgan fingerprint density at radius 3 is 2.75 bits per heavy atom. The summed E-state index contributed by atoms with van der Waals surface area (Å²) < 4.78 is 0. The average molecular weight is 295 g/mol. The van der Waals surface area contributed by atoms with Crippen LogP contribution < -0.4 is 5.32 Å². The van der Waals surface area contributed by atoms with E-state index in [0.29, 0.717) is 12.1 Å². The van der Waals surface area contributed by atoms with Gasteiger partial charge in [-0.05, 0) is 50.6 Å². The van der Waals surface area contributed by atoms with Crippen LogP contribution in [0.25, 0.3) is 0 Å². The minimum Gasteiger partial charge on any atom is -0.308 e. The topological polar surface area (TPSA) is 15.3 Å². The highest BCUT2D eigenvalue weighted by molar-refractivity contribution is 7.10. The summed E-state index contributed by atoms with van der Waals surface area (Å²) in [6.45, 7) is 6.82. The van der Waals surface area contributed by atoms with Crippen LogP contribution in [0.4, 0.5) is 0 Å². The third-order valence-corrected chi connectivity index (χ3v) is 5.85. The first kappa shape index (κ1) is 16.0. The second-order valence-electron chi connectivity index (χ2n) is 6.23. The van der Waals surface area contributed by atoms with Crippen LogP contribution in [0.3, 0.4) is 0 Å². The SMILES string of the molecule is CCC(C)N(C)CCNC(c1cccs1)C1CCCC1. The van der Waals surface area contributed by atoms with E-state index in [1.54, 1.807) is 0 Å². The lowest BCUT2D eigenvalue weighted by Gasteiger charge is -2.27. The fourth-order valence-corrected chi connectivity index (χ4v) is 4.08. The fourth-order valence-electron chi connectivity index (χ4n) is 3.19. The predicted octanol–water partition coefficient (Wildman–Crippen LogP) is 4.30. The molecule has 1 fully saturated rings. The normalized spacial score (nSPS) is 19.6. The van der Waals surface area contributed by atoms with E-state index >= 15 is 0 Å². The van der Waals surface area contributed by atoms with Crippen LogP contribution in [0.5, 0.6) is 0 Å². The van der Waals surface area contributed by atoms with E-state index in [9.17, 15) is 0 Å². The monoisotopic (exact) mass is 294 g/mol. The Balaban J connectivity index is 1.85. The van der Waals surface area contributed by atoms with E-state index in [2.05, 4.69) is 48.6 Å². The Labute approximate surface area is 128 Å². The summed E-state index contributed by atoms with van der Waals surface area (Å²) in [6.07, 6.45) is 6.86. The minimum atomic E-state index is 0.586. The number of nitrogens with one attached hydrogen (secondary N) is 1. The van der Waals surface area contributed by atoms with Gasteiger partial charge in [0.1, 0.15) is 0 Å². The minimum absolute atomic E-state index is 0.586. The molecule has 2 nitrogen and oxygen atoms in total. The Bertz CT molecular complexity index is 357. The van der Waals surface area contributed by atoms with Crippen LogP contribution in [0.15, 0.2) is 17.5 Å². The van der Waals surface area contributed by atoms with Gasteiger partial charge >= 0.3 is 0 Å². The van der Waals surface area contributed by atoms with Gasteiger partial charge < -0.3 is 10.2 Å². The van der Waals surface area contributed by atoms with Gasteiger partial charge in [0.15, 0.2) is 0 Å². The summed E-state index contributed by atoms with van der Waals surface area (Å²) in [5.41, 5.74) is 0. The maximum Gasteiger partial charge on any atom is 0.0443 e. The Morgan fingerprint density at radius 2 is 2.15 bits per heavy atom. The van der Waals surface area contributed by atoms with Crippen molar-refractivity contribution in [2.45, 2.75) is 58.0 Å². The number of likely N-dealkylation sites (N-methyl/N-ethyl adjacent to an activating group) is 1. The van der Waals surface area contributed by atoms with Gasteiger partial charge in [0.25, 0.3) is 0 Å². The summed E-state index contributed by atoms with van der Waals surface area (Å²) in [6, 6.07) is 5.76. The third-order valence-electron chi connectivity index (χ3n) is 4.89. The van der Waals surface area contributed by atoms with Gasteiger partial charge in [0.05, 0.1) is 0 Å². The molecule has 1 saturated carbocycles. The summed E-state index contributed by atoms with van der Waals surface area (Å²) in [5.74, 6) is 0.850. The summed E-state index contributed by atoms with van der Waals surface area (Å²) in [5, 5.41) is 6.06. The van der Waals surface area contributed by atoms with Crippen LogP contribution in [0.1, 0.15) is 56.9 Å². The highest BCUT2D eigenvalue weighted by atomic mass is 32.1. The lowest BCUT2D eigenvalue weighted by molar-refractivity contribution is 0.242. The van der Waals surface area contributed by atoms with Gasteiger partial charge in [-0.3, -0.25) is 0 Å². The predicted molar refractivity (Wildman–Crippen MR) is 89.4 cm³/mol. The van der Waals surface area contributed by atoms with Crippen LogP contribution >= 0.6 is 11.3 Å². The smallest absolute Gasteiger partial charge is 0.0443 e. The van der Waals surface area contributed by atoms with Crippen molar-refractivity contribution >= 4 is 11.3 Å². The Kier molecular flexibility index (Phi) is 6.53. The molecular weight excluding hydrogens is 264 g/mol. The van der Waals surface area contributed by atoms with Gasteiger partial charge in [-0.2, -0.15) is 0 Å². The highest BCUT2D eigenvalue weighted by Crippen LogP contribution is 2.37. The molecule has 2 atom stereocenters. The molecule has 0 spiro atoms. The molecule has 1 aliphatic rings. The molecule has 0 saturated heterocycles. The van der Waals surface area contributed by atoms with Gasteiger partial charge in [0, 0.05) is 30.1 Å². The Hall–Kier alpha value is -0.380. The Morgan fingerprint density at radius 1 is 1.40 bits per heavy atom. The van der Waals surface area contributed by atoms with Crippen LogP contribution in [-0.2, 0) is 0 Å². The first-order valence-corrected chi connectivity index (χ1v) is 9.07. The molecule has 1 heterocycles. The molecule has 1 aliphatic carbocycles. The molecule has 0 bridgehead atoms. The molecule has 1 N–H and O–H groups in total. The van der Waals surface area contributed by atoms with Crippen molar-refractivity contribution in [2.75, 3.05) is 20.1 Å². The van der Waals surface area contributed by atoms with E-state index in [1.807, 2.05) is 11.3 Å². The molecule has 0 aromatic carbocycles. The molecule has 114 valence electrons. The lowest BCUT2D eigenvalue weighted by Crippen LogP contribution is -2.37. The van der Waals surface area contributed by atoms with Crippen molar-refractivity contribution in [1.29, 1.82) is 0 Å². The quantitative estimate of drug-likeness (QED) is 0.769. The largest absolute Gasteiger partial charge is 0.308 e. The lowest BCUT2D eigenvalue weighted by atomic mass is 9.96. The van der Waals surface area contributed by atoms with E-state index < -0.39 is 0 Å². The van der Waals surface area contributed by atoms with Crippen LogP contribution in [0, 0.1) is 5.92 Å². The van der Waals surface area contributed by atoms with E-state index in [4.69, 9.17) is 0 Å². The zero-order chi connectivity index (χ0) is 14.4. The van der Waals surface area contributed by atoms with Crippen LogP contribution in [-0.4, -0.2) is 31.1 Å². The average Bonchev–Trinajstić information content (AvgIpc) is 3.15. The standard InChI is InChI=1S/C17H30N2S/c1-4-14(2)19(3)12-11-18-17(15-8-5-6-9-15)16-10-7-13-20-16/h7,10,13-15,17-18H,4-6,8-9,11-12H2,1-3H3. The van der Waals surface area contributed by atoms with Gasteiger partial charge in [-0.25, -0.2) is 0 Å². The fraction of sp³-hybridized carbons (Fsp3) is 0.765. The zero-order valence-electron chi connectivity index (χ0n) is 13.3. The molecule has 1 aromatic heterocycles. The van der Waals surface area contributed by atoms with Gasteiger partial charge in [-0.15, -0.1) is 11.3 Å². The van der Waals surface area contributed by atoms with Crippen molar-refractivity contribution in [3.05, 3.63) is 22.4 Å². The van der Waals surface area contributed by atoms with Crippen LogP contribution in [0.2, 0.25) is 0 Å². The maximum absolute atomic E-state index is 3.84. The van der Waals surface area contributed by atoms with Crippen molar-refractivity contribution in [3.63, 3.8) is 0 Å². The molecule has 20 heavy (non-hydrogen) atoms. The molecule has 0 amide bonds. The summed E-state index contributed by atoms with van der Waals surface area (Å²) in [7, 11) is 2.24. The second-order valence-corrected chi connectivity index (χ2v) is 7.21. The number of hydrogen-bond acceptors (Lipinski definition) is 3. The number of nitrogens with zero attached hydrogens (tertiary/aromatic N) is 1. The van der Waals surface area contributed by atoms with Gasteiger partial charge in [0.2, 0.25) is 0 Å². The van der Waals surface area contributed by atoms with E-state index in [-0.39, 0.29) is 0 Å². The first-order chi connectivity index (χ1) is 9.72. The molecule has 3 heteroatoms. The summed E-state index contributed by atoms with van der Waals surface area (Å²) in [4.78, 5) is 4.00. The van der Waals surface area contributed by atoms with E-state index in [0.717, 1.165) is 19.0 Å². The maximum atomic E-state index is 3.84. The highest BCUT2D eigenvalue weighted by Gasteiger charge is 2.26. The number of thiophene rings is 1. The molecule has 2 rings (SSSR count). The van der Waals surface area contributed by atoms with Crippen molar-refractivity contribution in [2.24, 2.45) is 5.92 Å². The second kappa shape index (κ2) is 8.16. The van der Waals surface area contributed by atoms with Gasteiger partial charge in [-0.1, -0.05) is 25.8 Å². The van der Waals surface area contributed by atoms with Crippen molar-refractivity contribution < 1.29 is 0 Å². The molecule has 0 radical (unpaired) electrons. The molecule has 1 aromatic rings. The number of rotatable bonds is 8.